The minimum absolute atomic E-state index is 0.580. The third kappa shape index (κ3) is 3.47. The van der Waals surface area contributed by atoms with E-state index >= 15 is 0 Å². The Bertz CT molecular complexity index is 637. The van der Waals surface area contributed by atoms with E-state index in [2.05, 4.69) is 50.3 Å². The highest BCUT2D eigenvalue weighted by atomic mass is 16.5. The average Bonchev–Trinajstić information content (AvgIpc) is 3.18. The second-order valence-corrected chi connectivity index (χ2v) is 6.81. The molecule has 2 saturated heterocycles. The van der Waals surface area contributed by atoms with Gasteiger partial charge in [-0.15, -0.1) is 0 Å². The van der Waals surface area contributed by atoms with Crippen LogP contribution in [-0.2, 0) is 11.3 Å². The number of hydrogen-bond acceptors (Lipinski definition) is 4. The van der Waals surface area contributed by atoms with Gasteiger partial charge in [0, 0.05) is 49.7 Å². The number of nitrogens with one attached hydrogen (secondary N) is 1. The van der Waals surface area contributed by atoms with Crippen molar-refractivity contribution in [3.63, 3.8) is 0 Å². The quantitative estimate of drug-likeness (QED) is 0.938. The molecule has 0 saturated carbocycles. The fourth-order valence-electron chi connectivity index (χ4n) is 3.95. The smallest absolute Gasteiger partial charge is 0.0642 e. The topological polar surface area (TPSA) is 44.4 Å². The van der Waals surface area contributed by atoms with Crippen molar-refractivity contribution in [1.82, 2.24) is 15.1 Å². The highest BCUT2D eigenvalue weighted by Gasteiger charge is 2.23. The van der Waals surface area contributed by atoms with Gasteiger partial charge in [-0.25, -0.2) is 0 Å². The first-order chi connectivity index (χ1) is 11.9. The van der Waals surface area contributed by atoms with Crippen molar-refractivity contribution in [2.45, 2.75) is 25.3 Å². The van der Waals surface area contributed by atoms with Crippen LogP contribution in [0.3, 0.4) is 0 Å². The molecule has 0 amide bonds. The van der Waals surface area contributed by atoms with Crippen LogP contribution in [0.4, 0.5) is 5.69 Å². The molecule has 2 aromatic rings. The number of ether oxygens (including phenoxy) is 1. The van der Waals surface area contributed by atoms with Crippen LogP contribution in [0.5, 0.6) is 0 Å². The molecule has 1 aromatic heterocycles. The first-order valence-corrected chi connectivity index (χ1v) is 9.02. The molecule has 4 rings (SSSR count). The van der Waals surface area contributed by atoms with Crippen molar-refractivity contribution >= 4 is 5.69 Å². The van der Waals surface area contributed by atoms with E-state index in [0.29, 0.717) is 5.92 Å². The van der Waals surface area contributed by atoms with Gasteiger partial charge in [-0.3, -0.25) is 10.00 Å². The minimum Gasteiger partial charge on any atom is -0.378 e. The van der Waals surface area contributed by atoms with Crippen LogP contribution in [-0.4, -0.2) is 54.5 Å². The lowest BCUT2D eigenvalue weighted by Gasteiger charge is -2.35. The molecule has 2 fully saturated rings. The highest BCUT2D eigenvalue weighted by molar-refractivity contribution is 5.54. The standard InChI is InChI=1S/C19H26N4O/c1-2-6-19(23-10-12-24-13-11-23)17(4-1)15-22-9-3-5-16(14-22)18-7-8-20-21-18/h1-2,4,6-8,16H,3,5,9-15H2,(H,20,21). The summed E-state index contributed by atoms with van der Waals surface area (Å²) in [4.78, 5) is 5.06. The predicted molar refractivity (Wildman–Crippen MR) is 95.3 cm³/mol. The lowest BCUT2D eigenvalue weighted by Crippen LogP contribution is -2.38. The number of morpholine rings is 1. The molecule has 2 aliphatic heterocycles. The van der Waals surface area contributed by atoms with Gasteiger partial charge >= 0.3 is 0 Å². The van der Waals surface area contributed by atoms with Gasteiger partial charge in [-0.2, -0.15) is 5.10 Å². The van der Waals surface area contributed by atoms with E-state index in [1.807, 2.05) is 6.20 Å². The van der Waals surface area contributed by atoms with Crippen molar-refractivity contribution in [1.29, 1.82) is 0 Å². The number of aromatic nitrogens is 2. The van der Waals surface area contributed by atoms with Crippen LogP contribution in [0, 0.1) is 0 Å². The maximum absolute atomic E-state index is 5.50. The van der Waals surface area contributed by atoms with E-state index in [9.17, 15) is 0 Å². The van der Waals surface area contributed by atoms with Gasteiger partial charge in [0.1, 0.15) is 0 Å². The number of likely N-dealkylation sites (tertiary alicyclic amines) is 1. The molecule has 1 aromatic carbocycles. The molecule has 0 aliphatic carbocycles. The Balaban J connectivity index is 1.46. The molecule has 5 nitrogen and oxygen atoms in total. The molecular formula is C19H26N4O. The van der Waals surface area contributed by atoms with Crippen molar-refractivity contribution < 1.29 is 4.74 Å². The van der Waals surface area contributed by atoms with Crippen LogP contribution in [0.15, 0.2) is 36.5 Å². The fraction of sp³-hybridized carbons (Fsp3) is 0.526. The molecule has 1 atom stereocenters. The second-order valence-electron chi connectivity index (χ2n) is 6.81. The number of nitrogens with zero attached hydrogens (tertiary/aromatic N) is 3. The SMILES string of the molecule is c1ccc(N2CCOCC2)c(CN2CCCC(c3ccn[nH]3)C2)c1. The van der Waals surface area contributed by atoms with E-state index in [0.717, 1.165) is 39.4 Å². The molecule has 24 heavy (non-hydrogen) atoms. The summed E-state index contributed by atoms with van der Waals surface area (Å²) in [5.41, 5.74) is 4.09. The Morgan fingerprint density at radius 2 is 2.00 bits per heavy atom. The maximum atomic E-state index is 5.50. The third-order valence-electron chi connectivity index (χ3n) is 5.20. The van der Waals surface area contributed by atoms with Crippen molar-refractivity contribution in [3.05, 3.63) is 47.8 Å². The zero-order valence-corrected chi connectivity index (χ0v) is 14.2. The van der Waals surface area contributed by atoms with Crippen LogP contribution in [0.1, 0.15) is 30.0 Å². The Labute approximate surface area is 143 Å². The normalized spacial score (nSPS) is 22.7. The van der Waals surface area contributed by atoms with E-state index in [4.69, 9.17) is 4.74 Å². The number of rotatable bonds is 4. The van der Waals surface area contributed by atoms with Gasteiger partial charge in [-0.1, -0.05) is 18.2 Å². The number of benzene rings is 1. The zero-order chi connectivity index (χ0) is 16.2. The number of H-pyrrole nitrogens is 1. The van der Waals surface area contributed by atoms with E-state index in [1.165, 1.54) is 36.3 Å². The zero-order valence-electron chi connectivity index (χ0n) is 14.2. The van der Waals surface area contributed by atoms with Crippen LogP contribution in [0.2, 0.25) is 0 Å². The second kappa shape index (κ2) is 7.36. The lowest BCUT2D eigenvalue weighted by atomic mass is 9.94. The van der Waals surface area contributed by atoms with Crippen LogP contribution in [0.25, 0.3) is 0 Å². The number of anilines is 1. The number of aromatic amines is 1. The Morgan fingerprint density at radius 1 is 1.12 bits per heavy atom. The van der Waals surface area contributed by atoms with Gasteiger partial charge in [0.15, 0.2) is 0 Å². The summed E-state index contributed by atoms with van der Waals surface area (Å²) in [5, 5.41) is 7.28. The molecule has 5 heteroatoms. The summed E-state index contributed by atoms with van der Waals surface area (Å²) in [5.74, 6) is 0.580. The molecule has 0 radical (unpaired) electrons. The molecule has 1 N–H and O–H groups in total. The average molecular weight is 326 g/mol. The molecule has 3 heterocycles. The van der Waals surface area contributed by atoms with Crippen molar-refractivity contribution in [3.8, 4) is 0 Å². The summed E-state index contributed by atoms with van der Waals surface area (Å²) in [6.45, 7) is 6.97. The summed E-state index contributed by atoms with van der Waals surface area (Å²) >= 11 is 0. The minimum atomic E-state index is 0.580. The van der Waals surface area contributed by atoms with Crippen molar-refractivity contribution in [2.75, 3.05) is 44.3 Å². The summed E-state index contributed by atoms with van der Waals surface area (Å²) in [7, 11) is 0. The molecular weight excluding hydrogens is 300 g/mol. The number of para-hydroxylation sites is 1. The van der Waals surface area contributed by atoms with E-state index < -0.39 is 0 Å². The van der Waals surface area contributed by atoms with Gasteiger partial charge in [0.25, 0.3) is 0 Å². The van der Waals surface area contributed by atoms with Crippen LogP contribution < -0.4 is 4.90 Å². The van der Waals surface area contributed by atoms with E-state index in [1.54, 1.807) is 0 Å². The van der Waals surface area contributed by atoms with Crippen LogP contribution >= 0.6 is 0 Å². The highest BCUT2D eigenvalue weighted by Crippen LogP contribution is 2.28. The Hall–Kier alpha value is -1.85. The van der Waals surface area contributed by atoms with E-state index in [-0.39, 0.29) is 0 Å². The summed E-state index contributed by atoms with van der Waals surface area (Å²) in [6.07, 6.45) is 4.37. The monoisotopic (exact) mass is 326 g/mol. The van der Waals surface area contributed by atoms with Gasteiger partial charge in [0.2, 0.25) is 0 Å². The van der Waals surface area contributed by atoms with Gasteiger partial charge in [-0.05, 0) is 37.1 Å². The number of piperidine rings is 1. The maximum Gasteiger partial charge on any atom is 0.0642 e. The molecule has 2 aliphatic rings. The third-order valence-corrected chi connectivity index (χ3v) is 5.20. The predicted octanol–water partition coefficient (Wildman–Crippen LogP) is 2.63. The molecule has 128 valence electrons. The summed E-state index contributed by atoms with van der Waals surface area (Å²) < 4.78 is 5.50. The van der Waals surface area contributed by atoms with Gasteiger partial charge < -0.3 is 9.64 Å². The fourth-order valence-corrected chi connectivity index (χ4v) is 3.95. The molecule has 0 bridgehead atoms. The first kappa shape index (κ1) is 15.7. The molecule has 1 unspecified atom stereocenters. The Kier molecular flexibility index (Phi) is 4.81. The lowest BCUT2D eigenvalue weighted by molar-refractivity contribution is 0.122. The largest absolute Gasteiger partial charge is 0.378 e. The molecule has 0 spiro atoms. The Morgan fingerprint density at radius 3 is 2.83 bits per heavy atom. The first-order valence-electron chi connectivity index (χ1n) is 9.02. The van der Waals surface area contributed by atoms with Gasteiger partial charge in [0.05, 0.1) is 13.2 Å². The summed E-state index contributed by atoms with van der Waals surface area (Å²) in [6, 6.07) is 11.0. The number of hydrogen-bond donors (Lipinski definition) is 1. The van der Waals surface area contributed by atoms with Crippen molar-refractivity contribution in [2.24, 2.45) is 0 Å².